The second kappa shape index (κ2) is 11.3. The highest BCUT2D eigenvalue weighted by atomic mass is 16.7. The van der Waals surface area contributed by atoms with Crippen LogP contribution in [-0.2, 0) is 20.8 Å². The van der Waals surface area contributed by atoms with E-state index in [1.807, 2.05) is 25.1 Å². The van der Waals surface area contributed by atoms with E-state index in [0.717, 1.165) is 25.7 Å². The van der Waals surface area contributed by atoms with Gasteiger partial charge in [-0.05, 0) is 31.7 Å². The summed E-state index contributed by atoms with van der Waals surface area (Å²) in [5.41, 5.74) is 1.19. The molecule has 21 heavy (non-hydrogen) atoms. The van der Waals surface area contributed by atoms with Gasteiger partial charge in [-0.2, -0.15) is 0 Å². The fourth-order valence-electron chi connectivity index (χ4n) is 2.11. The summed E-state index contributed by atoms with van der Waals surface area (Å²) in [6, 6.07) is 10.2. The standard InChI is InChI=1S/C18H26O3/c1-4-5-7-12-18(13-16(2)21-15-19-3)20-14-17-10-8-6-9-11-17/h1,6,8-11,16,18H,5,7,12-15H2,2-3H3/t16-,18+/m0/s1. The Morgan fingerprint density at radius 2 is 1.95 bits per heavy atom. The monoisotopic (exact) mass is 290 g/mol. The third-order valence-corrected chi connectivity index (χ3v) is 3.24. The molecule has 116 valence electrons. The predicted molar refractivity (Wildman–Crippen MR) is 84.7 cm³/mol. The van der Waals surface area contributed by atoms with Crippen LogP contribution in [-0.4, -0.2) is 26.1 Å². The lowest BCUT2D eigenvalue weighted by molar-refractivity contribution is -0.0868. The lowest BCUT2D eigenvalue weighted by Gasteiger charge is -2.21. The van der Waals surface area contributed by atoms with Gasteiger partial charge in [0.15, 0.2) is 0 Å². The molecular weight excluding hydrogens is 264 g/mol. The van der Waals surface area contributed by atoms with Crippen molar-refractivity contribution < 1.29 is 14.2 Å². The molecule has 0 radical (unpaired) electrons. The number of terminal acetylenes is 1. The quantitative estimate of drug-likeness (QED) is 0.353. The smallest absolute Gasteiger partial charge is 0.146 e. The first-order chi connectivity index (χ1) is 10.3. The highest BCUT2D eigenvalue weighted by Crippen LogP contribution is 2.15. The van der Waals surface area contributed by atoms with Crippen LogP contribution in [0.15, 0.2) is 30.3 Å². The SMILES string of the molecule is C#CCCC[C@H](C[C@H](C)OCOC)OCc1ccccc1. The Bertz CT molecular complexity index is 397. The molecular formula is C18H26O3. The molecule has 0 N–H and O–H groups in total. The van der Waals surface area contributed by atoms with E-state index < -0.39 is 0 Å². The number of benzene rings is 1. The zero-order valence-electron chi connectivity index (χ0n) is 13.1. The Labute approximate surface area is 128 Å². The van der Waals surface area contributed by atoms with Crippen molar-refractivity contribution in [3.63, 3.8) is 0 Å². The molecule has 3 nitrogen and oxygen atoms in total. The molecule has 0 spiro atoms. The van der Waals surface area contributed by atoms with Gasteiger partial charge in [-0.3, -0.25) is 0 Å². The summed E-state index contributed by atoms with van der Waals surface area (Å²) in [6.07, 6.45) is 9.15. The summed E-state index contributed by atoms with van der Waals surface area (Å²) in [4.78, 5) is 0. The molecule has 1 aromatic carbocycles. The first-order valence-corrected chi connectivity index (χ1v) is 7.45. The Hall–Kier alpha value is -1.34. The molecule has 0 aliphatic carbocycles. The van der Waals surface area contributed by atoms with Gasteiger partial charge in [0.1, 0.15) is 6.79 Å². The summed E-state index contributed by atoms with van der Waals surface area (Å²) in [5.74, 6) is 2.68. The number of hydrogen-bond donors (Lipinski definition) is 0. The van der Waals surface area contributed by atoms with Crippen LogP contribution in [0.1, 0.15) is 38.2 Å². The molecule has 2 atom stereocenters. The first kappa shape index (κ1) is 17.7. The number of unbranched alkanes of at least 4 members (excludes halogenated alkanes) is 1. The van der Waals surface area contributed by atoms with Gasteiger partial charge in [0.05, 0.1) is 18.8 Å². The van der Waals surface area contributed by atoms with Gasteiger partial charge < -0.3 is 14.2 Å². The van der Waals surface area contributed by atoms with Gasteiger partial charge in [0.2, 0.25) is 0 Å². The molecule has 0 bridgehead atoms. The van der Waals surface area contributed by atoms with E-state index in [0.29, 0.717) is 13.4 Å². The normalized spacial score (nSPS) is 13.6. The van der Waals surface area contributed by atoms with Crippen molar-refractivity contribution in [3.05, 3.63) is 35.9 Å². The van der Waals surface area contributed by atoms with Crippen LogP contribution in [0.2, 0.25) is 0 Å². The average molecular weight is 290 g/mol. The zero-order chi connectivity index (χ0) is 15.3. The number of ether oxygens (including phenoxy) is 3. The fourth-order valence-corrected chi connectivity index (χ4v) is 2.11. The summed E-state index contributed by atoms with van der Waals surface area (Å²) in [6.45, 7) is 2.98. The maximum Gasteiger partial charge on any atom is 0.146 e. The topological polar surface area (TPSA) is 27.7 Å². The van der Waals surface area contributed by atoms with Gasteiger partial charge in [0.25, 0.3) is 0 Å². The van der Waals surface area contributed by atoms with Gasteiger partial charge >= 0.3 is 0 Å². The molecule has 0 aromatic heterocycles. The minimum absolute atomic E-state index is 0.108. The highest BCUT2D eigenvalue weighted by molar-refractivity contribution is 5.13. The number of hydrogen-bond acceptors (Lipinski definition) is 3. The summed E-state index contributed by atoms with van der Waals surface area (Å²) >= 11 is 0. The molecule has 1 aromatic rings. The van der Waals surface area contributed by atoms with E-state index in [4.69, 9.17) is 20.6 Å². The third kappa shape index (κ3) is 8.52. The predicted octanol–water partition coefficient (Wildman–Crippen LogP) is 3.77. The Morgan fingerprint density at radius 1 is 1.19 bits per heavy atom. The maximum absolute atomic E-state index is 6.04. The van der Waals surface area contributed by atoms with Crippen molar-refractivity contribution in [1.82, 2.24) is 0 Å². The van der Waals surface area contributed by atoms with Crippen LogP contribution in [0.5, 0.6) is 0 Å². The van der Waals surface area contributed by atoms with Crippen molar-refractivity contribution in [3.8, 4) is 12.3 Å². The minimum Gasteiger partial charge on any atom is -0.373 e. The van der Waals surface area contributed by atoms with E-state index in [1.54, 1.807) is 7.11 Å². The van der Waals surface area contributed by atoms with Crippen LogP contribution in [0.3, 0.4) is 0 Å². The van der Waals surface area contributed by atoms with Gasteiger partial charge in [0, 0.05) is 13.5 Å². The van der Waals surface area contributed by atoms with E-state index in [2.05, 4.69) is 18.1 Å². The highest BCUT2D eigenvalue weighted by Gasteiger charge is 2.14. The van der Waals surface area contributed by atoms with Crippen molar-refractivity contribution in [2.75, 3.05) is 13.9 Å². The summed E-state index contributed by atoms with van der Waals surface area (Å²) < 4.78 is 16.5. The molecule has 0 saturated carbocycles. The average Bonchev–Trinajstić information content (AvgIpc) is 2.51. The van der Waals surface area contributed by atoms with Gasteiger partial charge in [-0.1, -0.05) is 30.3 Å². The lowest BCUT2D eigenvalue weighted by Crippen LogP contribution is -2.22. The summed E-state index contributed by atoms with van der Waals surface area (Å²) in [7, 11) is 1.63. The molecule has 0 aliphatic rings. The van der Waals surface area contributed by atoms with Crippen molar-refractivity contribution in [1.29, 1.82) is 0 Å². The van der Waals surface area contributed by atoms with Gasteiger partial charge in [-0.15, -0.1) is 12.3 Å². The van der Waals surface area contributed by atoms with Gasteiger partial charge in [-0.25, -0.2) is 0 Å². The Balaban J connectivity index is 2.41. The zero-order valence-corrected chi connectivity index (χ0v) is 13.1. The van der Waals surface area contributed by atoms with Crippen LogP contribution in [0.25, 0.3) is 0 Å². The molecule has 0 heterocycles. The second-order valence-corrected chi connectivity index (χ2v) is 5.13. The van der Waals surface area contributed by atoms with Crippen LogP contribution in [0.4, 0.5) is 0 Å². The minimum atomic E-state index is 0.108. The molecule has 1 rings (SSSR count). The maximum atomic E-state index is 6.04. The molecule has 0 saturated heterocycles. The van der Waals surface area contributed by atoms with E-state index in [1.165, 1.54) is 5.56 Å². The van der Waals surface area contributed by atoms with Crippen LogP contribution in [0, 0.1) is 12.3 Å². The van der Waals surface area contributed by atoms with Crippen molar-refractivity contribution in [2.24, 2.45) is 0 Å². The Kier molecular flexibility index (Phi) is 9.56. The molecule has 3 heteroatoms. The molecule has 0 amide bonds. The fraction of sp³-hybridized carbons (Fsp3) is 0.556. The van der Waals surface area contributed by atoms with Crippen molar-refractivity contribution in [2.45, 2.75) is 51.4 Å². The summed E-state index contributed by atoms with van der Waals surface area (Å²) in [5, 5.41) is 0. The third-order valence-electron chi connectivity index (χ3n) is 3.24. The molecule has 0 unspecified atom stereocenters. The van der Waals surface area contributed by atoms with Crippen LogP contribution < -0.4 is 0 Å². The van der Waals surface area contributed by atoms with Crippen molar-refractivity contribution >= 4 is 0 Å². The molecule has 0 fully saturated rings. The molecule has 0 aliphatic heterocycles. The first-order valence-electron chi connectivity index (χ1n) is 7.45. The number of methoxy groups -OCH3 is 1. The van der Waals surface area contributed by atoms with E-state index >= 15 is 0 Å². The van der Waals surface area contributed by atoms with E-state index in [9.17, 15) is 0 Å². The largest absolute Gasteiger partial charge is 0.373 e. The second-order valence-electron chi connectivity index (χ2n) is 5.13. The van der Waals surface area contributed by atoms with E-state index in [-0.39, 0.29) is 12.2 Å². The Morgan fingerprint density at radius 3 is 2.62 bits per heavy atom. The van der Waals surface area contributed by atoms with Crippen LogP contribution >= 0.6 is 0 Å². The number of rotatable bonds is 11. The lowest BCUT2D eigenvalue weighted by atomic mass is 10.1.